The van der Waals surface area contributed by atoms with Crippen molar-refractivity contribution >= 4 is 22.6 Å². The Hall–Kier alpha value is -2.55. The van der Waals surface area contributed by atoms with Gasteiger partial charge in [0.2, 0.25) is 11.2 Å². The fourth-order valence-corrected chi connectivity index (χ4v) is 4.46. The number of hydrogen-bond acceptors (Lipinski definition) is 4. The first kappa shape index (κ1) is 22.6. The van der Waals surface area contributed by atoms with Gasteiger partial charge in [-0.3, -0.25) is 4.79 Å². The number of phenols is 1. The number of fused-ring (bicyclic) bond motifs is 1. The Balaban J connectivity index is 1.92. The van der Waals surface area contributed by atoms with Crippen molar-refractivity contribution < 1.29 is 32.3 Å². The number of rotatable bonds is 3. The Morgan fingerprint density at radius 2 is 1.72 bits per heavy atom. The summed E-state index contributed by atoms with van der Waals surface area (Å²) in [4.78, 5) is 14.3. The average Bonchev–Trinajstić information content (AvgIpc) is 2.69. The van der Waals surface area contributed by atoms with Crippen LogP contribution in [0.15, 0.2) is 45.6 Å². The van der Waals surface area contributed by atoms with E-state index in [1.165, 1.54) is 36.4 Å². The summed E-state index contributed by atoms with van der Waals surface area (Å²) in [5.41, 5.74) is -1.43. The standard InChI is InChI=1S/C23H21ClF3NO4/c1-12-9-28(10-13(2)31-12)11-17-18(29)8-7-16-20(30)19(14-3-5-15(24)6-4-14)22(23(25,26)27)32-21(16)17/h3-8,12-13,29H,9-11H2,1-2H3/p+1. The van der Waals surface area contributed by atoms with E-state index in [-0.39, 0.29) is 46.6 Å². The van der Waals surface area contributed by atoms with Gasteiger partial charge in [0.25, 0.3) is 0 Å². The van der Waals surface area contributed by atoms with E-state index in [9.17, 15) is 23.1 Å². The van der Waals surface area contributed by atoms with E-state index in [4.69, 9.17) is 20.8 Å². The smallest absolute Gasteiger partial charge is 0.450 e. The molecule has 1 saturated heterocycles. The van der Waals surface area contributed by atoms with Gasteiger partial charge in [-0.1, -0.05) is 23.7 Å². The van der Waals surface area contributed by atoms with Gasteiger partial charge in [-0.05, 0) is 43.7 Å². The number of quaternary nitrogens is 1. The van der Waals surface area contributed by atoms with Crippen molar-refractivity contribution in [3.63, 3.8) is 0 Å². The van der Waals surface area contributed by atoms with Gasteiger partial charge in [0.1, 0.15) is 37.6 Å². The van der Waals surface area contributed by atoms with E-state index in [2.05, 4.69) is 0 Å². The molecule has 0 aliphatic carbocycles. The third-order valence-electron chi connectivity index (χ3n) is 5.57. The maximum Gasteiger partial charge on any atom is 0.450 e. The average molecular weight is 469 g/mol. The monoisotopic (exact) mass is 468 g/mol. The summed E-state index contributed by atoms with van der Waals surface area (Å²) in [6.07, 6.45) is -5.00. The van der Waals surface area contributed by atoms with Crippen LogP contribution in [-0.4, -0.2) is 30.4 Å². The minimum Gasteiger partial charge on any atom is -0.507 e. The zero-order valence-corrected chi connectivity index (χ0v) is 18.2. The van der Waals surface area contributed by atoms with E-state index in [1.54, 1.807) is 0 Å². The summed E-state index contributed by atoms with van der Waals surface area (Å²) < 4.78 is 53.0. The molecule has 0 radical (unpaired) electrons. The van der Waals surface area contributed by atoms with Crippen molar-refractivity contribution in [1.29, 1.82) is 0 Å². The van der Waals surface area contributed by atoms with Crippen molar-refractivity contribution in [2.75, 3.05) is 13.1 Å². The van der Waals surface area contributed by atoms with Crippen molar-refractivity contribution in [2.45, 2.75) is 38.8 Å². The van der Waals surface area contributed by atoms with Gasteiger partial charge in [0.05, 0.1) is 16.5 Å². The van der Waals surface area contributed by atoms with Crippen molar-refractivity contribution in [1.82, 2.24) is 0 Å². The number of ether oxygens (including phenoxy) is 1. The number of halogens is 4. The summed E-state index contributed by atoms with van der Waals surface area (Å²) >= 11 is 5.85. The zero-order valence-electron chi connectivity index (χ0n) is 17.4. The molecule has 4 rings (SSSR count). The summed E-state index contributed by atoms with van der Waals surface area (Å²) in [5.74, 6) is -1.62. The highest BCUT2D eigenvalue weighted by Gasteiger charge is 2.40. The lowest BCUT2D eigenvalue weighted by Crippen LogP contribution is -3.14. The van der Waals surface area contributed by atoms with Gasteiger partial charge < -0.3 is 19.2 Å². The van der Waals surface area contributed by atoms with Gasteiger partial charge in [0.15, 0.2) is 5.58 Å². The van der Waals surface area contributed by atoms with E-state index in [0.29, 0.717) is 18.1 Å². The molecule has 1 fully saturated rings. The van der Waals surface area contributed by atoms with Crippen LogP contribution in [-0.2, 0) is 17.5 Å². The van der Waals surface area contributed by atoms with Crippen molar-refractivity contribution in [3.8, 4) is 16.9 Å². The minimum atomic E-state index is -4.92. The van der Waals surface area contributed by atoms with Gasteiger partial charge in [-0.15, -0.1) is 0 Å². The molecule has 5 nitrogen and oxygen atoms in total. The number of morpholine rings is 1. The molecule has 2 unspecified atom stereocenters. The first-order valence-electron chi connectivity index (χ1n) is 10.2. The van der Waals surface area contributed by atoms with Crippen LogP contribution in [0.4, 0.5) is 13.2 Å². The molecule has 0 amide bonds. The minimum absolute atomic E-state index is 0.0236. The number of hydrogen-bond donors (Lipinski definition) is 2. The van der Waals surface area contributed by atoms with Crippen LogP contribution < -0.4 is 10.3 Å². The maximum absolute atomic E-state index is 14.0. The first-order valence-corrected chi connectivity index (χ1v) is 10.6. The van der Waals surface area contributed by atoms with E-state index in [1.807, 2.05) is 13.8 Å². The Bertz CT molecular complexity index is 1200. The highest BCUT2D eigenvalue weighted by molar-refractivity contribution is 6.30. The number of phenolic OH excluding ortho intramolecular Hbond substituents is 1. The van der Waals surface area contributed by atoms with Crippen LogP contribution in [0.5, 0.6) is 5.75 Å². The molecule has 2 heterocycles. The van der Waals surface area contributed by atoms with E-state index in [0.717, 1.165) is 4.90 Å². The Morgan fingerprint density at radius 3 is 2.31 bits per heavy atom. The second-order valence-electron chi connectivity index (χ2n) is 8.17. The first-order chi connectivity index (χ1) is 15.0. The van der Waals surface area contributed by atoms with Crippen LogP contribution in [0.3, 0.4) is 0 Å². The Labute approximate surface area is 187 Å². The molecule has 1 aliphatic heterocycles. The van der Waals surface area contributed by atoms with Crippen LogP contribution >= 0.6 is 11.6 Å². The molecular weight excluding hydrogens is 447 g/mol. The lowest BCUT2D eigenvalue weighted by Gasteiger charge is -2.32. The molecule has 1 aromatic heterocycles. The SMILES string of the molecule is CC1C[NH+](Cc2c(O)ccc3c(=O)c(-c4ccc(Cl)cc4)c(C(F)(F)F)oc23)CC(C)O1. The summed E-state index contributed by atoms with van der Waals surface area (Å²) in [7, 11) is 0. The summed E-state index contributed by atoms with van der Waals surface area (Å²) in [6, 6.07) is 8.12. The molecule has 0 bridgehead atoms. The summed E-state index contributed by atoms with van der Waals surface area (Å²) in [6.45, 7) is 5.25. The Kier molecular flexibility index (Phi) is 5.96. The van der Waals surface area contributed by atoms with Gasteiger partial charge >= 0.3 is 6.18 Å². The third kappa shape index (κ3) is 4.35. The fourth-order valence-electron chi connectivity index (χ4n) is 4.34. The predicted molar refractivity (Wildman–Crippen MR) is 114 cm³/mol. The summed E-state index contributed by atoms with van der Waals surface area (Å²) in [5, 5.41) is 10.8. The molecule has 0 saturated carbocycles. The van der Waals surface area contributed by atoms with Crippen molar-refractivity contribution in [2.24, 2.45) is 0 Å². The highest BCUT2D eigenvalue weighted by Crippen LogP contribution is 2.39. The second kappa shape index (κ2) is 8.42. The topological polar surface area (TPSA) is 64.1 Å². The maximum atomic E-state index is 14.0. The molecule has 2 aromatic carbocycles. The van der Waals surface area contributed by atoms with Crippen LogP contribution in [0.2, 0.25) is 5.02 Å². The lowest BCUT2D eigenvalue weighted by molar-refractivity contribution is -0.928. The predicted octanol–water partition coefficient (Wildman–Crippen LogP) is 4.03. The third-order valence-corrected chi connectivity index (χ3v) is 5.82. The molecule has 0 spiro atoms. The van der Waals surface area contributed by atoms with Crippen molar-refractivity contribution in [3.05, 3.63) is 63.0 Å². The largest absolute Gasteiger partial charge is 0.507 e. The molecule has 2 atom stereocenters. The van der Waals surface area contributed by atoms with Gasteiger partial charge in [0, 0.05) is 5.02 Å². The lowest BCUT2D eigenvalue weighted by atomic mass is 10.00. The van der Waals surface area contributed by atoms with Gasteiger partial charge in [-0.25, -0.2) is 0 Å². The molecule has 170 valence electrons. The molecule has 32 heavy (non-hydrogen) atoms. The molecule has 2 N–H and O–H groups in total. The van der Waals surface area contributed by atoms with Crippen LogP contribution in [0, 0.1) is 0 Å². The number of nitrogens with one attached hydrogen (secondary N) is 1. The quantitative estimate of drug-likeness (QED) is 0.609. The normalized spacial score (nSPS) is 21.8. The second-order valence-corrected chi connectivity index (χ2v) is 8.61. The molecule has 9 heteroatoms. The van der Waals surface area contributed by atoms with E-state index < -0.39 is 22.9 Å². The number of benzene rings is 2. The number of alkyl halides is 3. The molecular formula is C23H22ClF3NO4+. The van der Waals surface area contributed by atoms with Crippen LogP contribution in [0.25, 0.3) is 22.1 Å². The zero-order chi connectivity index (χ0) is 23.2. The fraction of sp³-hybridized carbons (Fsp3) is 0.348. The molecule has 3 aromatic rings. The highest BCUT2D eigenvalue weighted by atomic mass is 35.5. The van der Waals surface area contributed by atoms with Gasteiger partial charge in [-0.2, -0.15) is 13.2 Å². The van der Waals surface area contributed by atoms with Crippen LogP contribution in [0.1, 0.15) is 25.2 Å². The number of aromatic hydroxyl groups is 1. The molecule has 1 aliphatic rings. The Morgan fingerprint density at radius 1 is 1.09 bits per heavy atom. The van der Waals surface area contributed by atoms with E-state index >= 15 is 0 Å².